The zero-order chi connectivity index (χ0) is 26.7. The number of halogens is 1. The summed E-state index contributed by atoms with van der Waals surface area (Å²) in [6.07, 6.45) is 0. The number of benzene rings is 2. The summed E-state index contributed by atoms with van der Waals surface area (Å²) < 4.78 is 39.8. The Balaban J connectivity index is 1.62. The molecule has 1 aromatic heterocycles. The molecular weight excluding hydrogens is 514 g/mol. The summed E-state index contributed by atoms with van der Waals surface area (Å²) in [6.45, 7) is 6.21. The number of anilines is 3. The number of ether oxygens (including phenoxy) is 2. The van der Waals surface area contributed by atoms with E-state index in [-0.39, 0.29) is 16.3 Å². The molecule has 0 bridgehead atoms. The largest absolute Gasteiger partial charge is 0.497 e. The van der Waals surface area contributed by atoms with E-state index in [0.29, 0.717) is 46.5 Å². The van der Waals surface area contributed by atoms with Crippen LogP contribution in [0.3, 0.4) is 0 Å². The van der Waals surface area contributed by atoms with Gasteiger partial charge in [0.05, 0.1) is 31.2 Å². The normalized spacial score (nSPS) is 13.7. The van der Waals surface area contributed by atoms with Crippen molar-refractivity contribution in [2.24, 2.45) is 0 Å². The highest BCUT2D eigenvalue weighted by Crippen LogP contribution is 2.34. The molecule has 0 spiro atoms. The SMILES string of the molecule is COc1ccc(OC)c(S(=O)(=O)Nc2c(C)nc(N3CCN(c4cccc(Cl)c4)CC3)c(C#N)c2C)c1. The Labute approximate surface area is 222 Å². The van der Waals surface area contributed by atoms with E-state index in [1.807, 2.05) is 24.3 Å². The van der Waals surface area contributed by atoms with Crippen LogP contribution >= 0.6 is 11.6 Å². The van der Waals surface area contributed by atoms with Gasteiger partial charge in [0.25, 0.3) is 10.0 Å². The van der Waals surface area contributed by atoms with Gasteiger partial charge in [0, 0.05) is 43.0 Å². The Kier molecular flexibility index (Phi) is 7.66. The topological polar surface area (TPSA) is 108 Å². The summed E-state index contributed by atoms with van der Waals surface area (Å²) in [5, 5.41) is 10.7. The fourth-order valence-electron chi connectivity index (χ4n) is 4.38. The maximum atomic E-state index is 13.4. The van der Waals surface area contributed by atoms with Gasteiger partial charge in [0.15, 0.2) is 0 Å². The van der Waals surface area contributed by atoms with Gasteiger partial charge >= 0.3 is 0 Å². The number of methoxy groups -OCH3 is 2. The lowest BCUT2D eigenvalue weighted by molar-refractivity contribution is 0.392. The molecule has 4 rings (SSSR count). The smallest absolute Gasteiger partial charge is 0.265 e. The van der Waals surface area contributed by atoms with E-state index in [1.165, 1.54) is 26.4 Å². The van der Waals surface area contributed by atoms with E-state index in [4.69, 9.17) is 21.1 Å². The molecule has 1 fully saturated rings. The fourth-order valence-corrected chi connectivity index (χ4v) is 5.93. The maximum Gasteiger partial charge on any atom is 0.265 e. The van der Waals surface area contributed by atoms with Crippen LogP contribution in [0.2, 0.25) is 5.02 Å². The number of nitriles is 1. The molecule has 9 nitrogen and oxygen atoms in total. The van der Waals surface area contributed by atoms with E-state index in [1.54, 1.807) is 19.9 Å². The van der Waals surface area contributed by atoms with Gasteiger partial charge in [-0.2, -0.15) is 5.26 Å². The molecule has 1 N–H and O–H groups in total. The third-order valence-electron chi connectivity index (χ3n) is 6.37. The Morgan fingerprint density at radius 3 is 2.35 bits per heavy atom. The van der Waals surface area contributed by atoms with Crippen LogP contribution in [0.15, 0.2) is 47.4 Å². The van der Waals surface area contributed by atoms with Crippen molar-refractivity contribution in [1.29, 1.82) is 5.26 Å². The Morgan fingerprint density at radius 2 is 1.73 bits per heavy atom. The molecule has 11 heteroatoms. The van der Waals surface area contributed by atoms with E-state index in [9.17, 15) is 13.7 Å². The summed E-state index contributed by atoms with van der Waals surface area (Å²) >= 11 is 6.15. The average molecular weight is 542 g/mol. The van der Waals surface area contributed by atoms with E-state index in [2.05, 4.69) is 25.6 Å². The van der Waals surface area contributed by atoms with Gasteiger partial charge in [0.2, 0.25) is 0 Å². The van der Waals surface area contributed by atoms with Crippen LogP contribution in [0, 0.1) is 25.2 Å². The quantitative estimate of drug-likeness (QED) is 0.470. The van der Waals surface area contributed by atoms with Gasteiger partial charge in [-0.15, -0.1) is 0 Å². The molecule has 2 heterocycles. The first kappa shape index (κ1) is 26.4. The monoisotopic (exact) mass is 541 g/mol. The molecule has 1 saturated heterocycles. The van der Waals surface area contributed by atoms with Crippen LogP contribution in [-0.4, -0.2) is 53.8 Å². The molecule has 2 aromatic carbocycles. The lowest BCUT2D eigenvalue weighted by Crippen LogP contribution is -2.47. The third kappa shape index (κ3) is 5.38. The predicted molar refractivity (Wildman–Crippen MR) is 145 cm³/mol. The van der Waals surface area contributed by atoms with E-state index >= 15 is 0 Å². The summed E-state index contributed by atoms with van der Waals surface area (Å²) in [5.41, 5.74) is 2.62. The number of sulfonamides is 1. The lowest BCUT2D eigenvalue weighted by Gasteiger charge is -2.37. The van der Waals surface area contributed by atoms with Crippen LogP contribution in [-0.2, 0) is 10.0 Å². The fraction of sp³-hybridized carbons (Fsp3) is 0.308. The van der Waals surface area contributed by atoms with Crippen LogP contribution in [0.1, 0.15) is 16.8 Å². The van der Waals surface area contributed by atoms with Crippen molar-refractivity contribution in [2.75, 3.05) is 54.9 Å². The van der Waals surface area contributed by atoms with Crippen molar-refractivity contribution in [3.8, 4) is 17.6 Å². The minimum atomic E-state index is -4.07. The van der Waals surface area contributed by atoms with Crippen molar-refractivity contribution in [3.05, 3.63) is 64.3 Å². The number of nitrogens with one attached hydrogen (secondary N) is 1. The summed E-state index contributed by atoms with van der Waals surface area (Å²) in [5.74, 6) is 1.09. The second-order valence-corrected chi connectivity index (χ2v) is 10.7. The van der Waals surface area contributed by atoms with Gasteiger partial charge in [0.1, 0.15) is 28.3 Å². The minimum Gasteiger partial charge on any atom is -0.497 e. The summed E-state index contributed by atoms with van der Waals surface area (Å²) in [4.78, 5) is 8.89. The van der Waals surface area contributed by atoms with Crippen molar-refractivity contribution >= 4 is 38.8 Å². The number of aromatic nitrogens is 1. The number of rotatable bonds is 7. The summed E-state index contributed by atoms with van der Waals surface area (Å²) in [6, 6.07) is 14.5. The molecule has 0 aliphatic carbocycles. The second kappa shape index (κ2) is 10.7. The Bertz CT molecular complexity index is 1460. The van der Waals surface area contributed by atoms with E-state index < -0.39 is 10.0 Å². The zero-order valence-corrected chi connectivity index (χ0v) is 22.7. The van der Waals surface area contributed by atoms with Crippen LogP contribution in [0.25, 0.3) is 0 Å². The molecule has 194 valence electrons. The number of pyridine rings is 1. The van der Waals surface area contributed by atoms with Crippen LogP contribution < -0.4 is 24.0 Å². The molecule has 1 aliphatic heterocycles. The number of nitrogens with zero attached hydrogens (tertiary/aromatic N) is 4. The van der Waals surface area contributed by atoms with Gasteiger partial charge in [-0.1, -0.05) is 17.7 Å². The molecule has 0 amide bonds. The average Bonchev–Trinajstić information content (AvgIpc) is 2.90. The predicted octanol–water partition coefficient (Wildman–Crippen LogP) is 4.37. The zero-order valence-electron chi connectivity index (χ0n) is 21.1. The van der Waals surface area contributed by atoms with Gasteiger partial charge in [-0.3, -0.25) is 4.72 Å². The highest BCUT2D eigenvalue weighted by Gasteiger charge is 2.27. The summed E-state index contributed by atoms with van der Waals surface area (Å²) in [7, 11) is -1.22. The number of hydrogen-bond donors (Lipinski definition) is 1. The lowest BCUT2D eigenvalue weighted by atomic mass is 10.1. The van der Waals surface area contributed by atoms with E-state index in [0.717, 1.165) is 18.8 Å². The first-order valence-electron chi connectivity index (χ1n) is 11.6. The second-order valence-electron chi connectivity index (χ2n) is 8.58. The number of aryl methyl sites for hydroxylation is 1. The first-order valence-corrected chi connectivity index (χ1v) is 13.5. The van der Waals surface area contributed by atoms with Crippen molar-refractivity contribution < 1.29 is 17.9 Å². The Hall–Kier alpha value is -3.68. The Morgan fingerprint density at radius 1 is 1.03 bits per heavy atom. The maximum absolute atomic E-state index is 13.4. The first-order chi connectivity index (χ1) is 17.7. The van der Waals surface area contributed by atoms with Crippen LogP contribution in [0.4, 0.5) is 17.2 Å². The molecule has 1 aliphatic rings. The van der Waals surface area contributed by atoms with Crippen LogP contribution in [0.5, 0.6) is 11.5 Å². The molecule has 0 unspecified atom stereocenters. The highest BCUT2D eigenvalue weighted by molar-refractivity contribution is 7.92. The molecule has 3 aromatic rings. The molecule has 0 radical (unpaired) electrons. The highest BCUT2D eigenvalue weighted by atomic mass is 35.5. The molecular formula is C26H28ClN5O4S. The third-order valence-corrected chi connectivity index (χ3v) is 7.98. The number of hydrogen-bond acceptors (Lipinski definition) is 8. The van der Waals surface area contributed by atoms with Gasteiger partial charge in [-0.05, 0) is 49.7 Å². The standard InChI is InChI=1S/C26H28ClN5O4S/c1-17-22(16-28)26(32-12-10-31(11-13-32)20-7-5-6-19(27)14-20)29-18(2)25(17)30-37(33,34)24-15-21(35-3)8-9-23(24)36-4/h5-9,14-15,30H,10-13H2,1-4H3. The van der Waals surface area contributed by atoms with Gasteiger partial charge < -0.3 is 19.3 Å². The molecule has 0 atom stereocenters. The van der Waals surface area contributed by atoms with Crippen molar-refractivity contribution in [2.45, 2.75) is 18.7 Å². The van der Waals surface area contributed by atoms with Gasteiger partial charge in [-0.25, -0.2) is 13.4 Å². The van der Waals surface area contributed by atoms with Crippen molar-refractivity contribution in [3.63, 3.8) is 0 Å². The molecule has 37 heavy (non-hydrogen) atoms. The van der Waals surface area contributed by atoms with Crippen molar-refractivity contribution in [1.82, 2.24) is 4.98 Å². The molecule has 0 saturated carbocycles. The number of piperazine rings is 1. The minimum absolute atomic E-state index is 0.0760.